The maximum Gasteiger partial charge on any atom is 0.303 e. The second-order valence-corrected chi connectivity index (χ2v) is 6.03. The lowest BCUT2D eigenvalue weighted by Gasteiger charge is -2.20. The predicted molar refractivity (Wildman–Crippen MR) is 83.4 cm³/mol. The van der Waals surface area contributed by atoms with Gasteiger partial charge in [0.1, 0.15) is 0 Å². The van der Waals surface area contributed by atoms with E-state index in [2.05, 4.69) is 10.6 Å². The Morgan fingerprint density at radius 2 is 1.81 bits per heavy atom. The zero-order valence-electron chi connectivity index (χ0n) is 12.9. The van der Waals surface area contributed by atoms with Crippen LogP contribution in [-0.2, 0) is 16.0 Å². The van der Waals surface area contributed by atoms with E-state index < -0.39 is 5.97 Å². The fourth-order valence-corrected chi connectivity index (χ4v) is 1.87. The van der Waals surface area contributed by atoms with Crippen molar-refractivity contribution in [1.29, 1.82) is 0 Å². The molecule has 0 aliphatic rings. The van der Waals surface area contributed by atoms with E-state index in [1.54, 1.807) is 6.07 Å². The first-order chi connectivity index (χ1) is 9.78. The van der Waals surface area contributed by atoms with Gasteiger partial charge in [0.15, 0.2) is 0 Å². The monoisotopic (exact) mass is 292 g/mol. The van der Waals surface area contributed by atoms with Crippen molar-refractivity contribution >= 4 is 17.6 Å². The van der Waals surface area contributed by atoms with Crippen molar-refractivity contribution in [2.24, 2.45) is 0 Å². The van der Waals surface area contributed by atoms with E-state index in [1.165, 1.54) is 0 Å². The third kappa shape index (κ3) is 7.46. The number of aliphatic carboxylic acids is 1. The minimum Gasteiger partial charge on any atom is -0.481 e. The van der Waals surface area contributed by atoms with Crippen LogP contribution in [0.1, 0.15) is 39.2 Å². The van der Waals surface area contributed by atoms with Crippen LogP contribution in [-0.4, -0.2) is 29.1 Å². The smallest absolute Gasteiger partial charge is 0.303 e. The minimum atomic E-state index is -0.842. The normalized spacial score (nSPS) is 11.2. The lowest BCUT2D eigenvalue weighted by Crippen LogP contribution is -2.37. The van der Waals surface area contributed by atoms with Crippen LogP contribution in [0, 0.1) is 0 Å². The molecule has 0 spiro atoms. The first-order valence-corrected chi connectivity index (χ1v) is 7.12. The van der Waals surface area contributed by atoms with Gasteiger partial charge in [-0.05, 0) is 38.8 Å². The Bertz CT molecular complexity index is 493. The molecule has 1 aromatic carbocycles. The lowest BCUT2D eigenvalue weighted by atomic mass is 10.1. The summed E-state index contributed by atoms with van der Waals surface area (Å²) in [6.45, 7) is 6.75. The molecule has 0 saturated heterocycles. The summed E-state index contributed by atoms with van der Waals surface area (Å²) < 4.78 is 0. The minimum absolute atomic E-state index is 0.0142. The van der Waals surface area contributed by atoms with Crippen molar-refractivity contribution in [2.45, 2.75) is 45.6 Å². The zero-order valence-corrected chi connectivity index (χ0v) is 12.9. The highest BCUT2D eigenvalue weighted by molar-refractivity contribution is 5.91. The highest BCUT2D eigenvalue weighted by Gasteiger charge is 2.11. The topological polar surface area (TPSA) is 78.4 Å². The second kappa shape index (κ2) is 7.78. The van der Waals surface area contributed by atoms with Gasteiger partial charge in [0, 0.05) is 30.6 Å². The Morgan fingerprint density at radius 3 is 2.43 bits per heavy atom. The van der Waals surface area contributed by atoms with Crippen molar-refractivity contribution in [3.05, 3.63) is 29.8 Å². The Kier molecular flexibility index (Phi) is 6.37. The number of hydrogen-bond acceptors (Lipinski definition) is 3. The highest BCUT2D eigenvalue weighted by Crippen LogP contribution is 2.17. The molecule has 0 aromatic heterocycles. The maximum atomic E-state index is 11.9. The SMILES string of the molecule is CC(C)(C)NCCC(=O)Nc1ccccc1CCC(=O)O. The second-order valence-electron chi connectivity index (χ2n) is 6.03. The summed E-state index contributed by atoms with van der Waals surface area (Å²) in [6, 6.07) is 7.31. The maximum absolute atomic E-state index is 11.9. The van der Waals surface area contributed by atoms with Gasteiger partial charge < -0.3 is 15.7 Å². The van der Waals surface area contributed by atoms with E-state index in [4.69, 9.17) is 5.11 Å². The number of amides is 1. The van der Waals surface area contributed by atoms with Crippen molar-refractivity contribution in [1.82, 2.24) is 5.32 Å². The molecule has 1 amide bonds. The molecule has 0 radical (unpaired) electrons. The fourth-order valence-electron chi connectivity index (χ4n) is 1.87. The first-order valence-electron chi connectivity index (χ1n) is 7.12. The molecule has 0 atom stereocenters. The van der Waals surface area contributed by atoms with E-state index >= 15 is 0 Å². The van der Waals surface area contributed by atoms with E-state index in [9.17, 15) is 9.59 Å². The van der Waals surface area contributed by atoms with Crippen molar-refractivity contribution in [3.63, 3.8) is 0 Å². The van der Waals surface area contributed by atoms with E-state index in [0.717, 1.165) is 5.56 Å². The number of carboxylic acids is 1. The molecule has 1 rings (SSSR count). The molecule has 1 aromatic rings. The van der Waals surface area contributed by atoms with Crippen LogP contribution in [0.4, 0.5) is 5.69 Å². The van der Waals surface area contributed by atoms with E-state index in [0.29, 0.717) is 25.1 Å². The largest absolute Gasteiger partial charge is 0.481 e. The van der Waals surface area contributed by atoms with Crippen molar-refractivity contribution in [2.75, 3.05) is 11.9 Å². The number of carboxylic acid groups (broad SMARTS) is 1. The standard InChI is InChI=1S/C16H24N2O3/c1-16(2,3)17-11-10-14(19)18-13-7-5-4-6-12(13)8-9-15(20)21/h4-7,17H,8-11H2,1-3H3,(H,18,19)(H,20,21). The van der Waals surface area contributed by atoms with Gasteiger partial charge in [0.05, 0.1) is 0 Å². The summed E-state index contributed by atoms with van der Waals surface area (Å²) in [5.74, 6) is -0.917. The summed E-state index contributed by atoms with van der Waals surface area (Å²) in [4.78, 5) is 22.6. The number of carbonyl (C=O) groups excluding carboxylic acids is 1. The number of hydrogen-bond donors (Lipinski definition) is 3. The first kappa shape index (κ1) is 17.2. The molecular formula is C16H24N2O3. The molecule has 0 unspecified atom stereocenters. The Hall–Kier alpha value is -1.88. The van der Waals surface area contributed by atoms with Gasteiger partial charge in [-0.3, -0.25) is 9.59 Å². The summed E-state index contributed by atoms with van der Waals surface area (Å²) in [6.07, 6.45) is 0.842. The lowest BCUT2D eigenvalue weighted by molar-refractivity contribution is -0.136. The summed E-state index contributed by atoms with van der Waals surface area (Å²) >= 11 is 0. The van der Waals surface area contributed by atoms with Crippen LogP contribution in [0.5, 0.6) is 0 Å². The van der Waals surface area contributed by atoms with Crippen LogP contribution >= 0.6 is 0 Å². The molecule has 21 heavy (non-hydrogen) atoms. The van der Waals surface area contributed by atoms with Gasteiger partial charge in [0.25, 0.3) is 0 Å². The average Bonchev–Trinajstić information content (AvgIpc) is 2.36. The molecule has 5 heteroatoms. The number of aryl methyl sites for hydroxylation is 1. The van der Waals surface area contributed by atoms with E-state index in [1.807, 2.05) is 39.0 Å². The van der Waals surface area contributed by atoms with Gasteiger partial charge in [-0.2, -0.15) is 0 Å². The van der Waals surface area contributed by atoms with Gasteiger partial charge in [-0.25, -0.2) is 0 Å². The fraction of sp³-hybridized carbons (Fsp3) is 0.500. The molecule has 3 N–H and O–H groups in total. The van der Waals surface area contributed by atoms with Crippen LogP contribution in [0.2, 0.25) is 0 Å². The quantitative estimate of drug-likeness (QED) is 0.721. The highest BCUT2D eigenvalue weighted by atomic mass is 16.4. The third-order valence-electron chi connectivity index (χ3n) is 2.91. The molecule has 0 aliphatic carbocycles. The van der Waals surface area contributed by atoms with Gasteiger partial charge >= 0.3 is 5.97 Å². The average molecular weight is 292 g/mol. The van der Waals surface area contributed by atoms with Crippen LogP contribution in [0.25, 0.3) is 0 Å². The Morgan fingerprint density at radius 1 is 1.14 bits per heavy atom. The Balaban J connectivity index is 2.53. The van der Waals surface area contributed by atoms with Gasteiger partial charge in [-0.15, -0.1) is 0 Å². The van der Waals surface area contributed by atoms with Crippen LogP contribution in [0.3, 0.4) is 0 Å². The van der Waals surface area contributed by atoms with Crippen molar-refractivity contribution in [3.8, 4) is 0 Å². The van der Waals surface area contributed by atoms with Crippen LogP contribution in [0.15, 0.2) is 24.3 Å². The van der Waals surface area contributed by atoms with Gasteiger partial charge in [-0.1, -0.05) is 18.2 Å². The number of anilines is 1. The zero-order chi connectivity index (χ0) is 15.9. The van der Waals surface area contributed by atoms with Gasteiger partial charge in [0.2, 0.25) is 5.91 Å². The Labute approximate surface area is 125 Å². The molecule has 5 nitrogen and oxygen atoms in total. The number of nitrogens with one attached hydrogen (secondary N) is 2. The summed E-state index contributed by atoms with van der Waals surface area (Å²) in [5.41, 5.74) is 1.52. The molecule has 0 heterocycles. The predicted octanol–water partition coefficient (Wildman–Crippen LogP) is 2.42. The molecular weight excluding hydrogens is 268 g/mol. The molecule has 116 valence electrons. The third-order valence-corrected chi connectivity index (χ3v) is 2.91. The number of carbonyl (C=O) groups is 2. The van der Waals surface area contributed by atoms with Crippen LogP contribution < -0.4 is 10.6 Å². The number of rotatable bonds is 7. The summed E-state index contributed by atoms with van der Waals surface area (Å²) in [7, 11) is 0. The molecule has 0 fully saturated rings. The molecule has 0 saturated carbocycles. The van der Waals surface area contributed by atoms with E-state index in [-0.39, 0.29) is 17.9 Å². The summed E-state index contributed by atoms with van der Waals surface area (Å²) in [5, 5.41) is 14.8. The molecule has 0 aliphatic heterocycles. The number of para-hydroxylation sites is 1. The number of benzene rings is 1. The molecule has 0 bridgehead atoms. The van der Waals surface area contributed by atoms with Crippen molar-refractivity contribution < 1.29 is 14.7 Å².